The fourth-order valence-electron chi connectivity index (χ4n) is 1.58. The van der Waals surface area contributed by atoms with Gasteiger partial charge in [0.25, 0.3) is 5.91 Å². The fraction of sp³-hybridized carbons (Fsp3) is 0.0769. The van der Waals surface area contributed by atoms with Crippen LogP contribution in [0.1, 0.15) is 15.9 Å². The fourth-order valence-corrected chi connectivity index (χ4v) is 1.58. The van der Waals surface area contributed by atoms with Crippen LogP contribution in [0.2, 0.25) is 0 Å². The highest BCUT2D eigenvalue weighted by Crippen LogP contribution is 2.17. The van der Waals surface area contributed by atoms with Crippen molar-refractivity contribution in [3.05, 3.63) is 47.7 Å². The number of nitrogens with one attached hydrogen (secondary N) is 1. The predicted octanol–water partition coefficient (Wildman–Crippen LogP) is 1.93. The minimum Gasteiger partial charge on any atom is -0.508 e. The maximum Gasteiger partial charge on any atom is 0.255 e. The number of nitrogens with zero attached hydrogens (tertiary/aromatic N) is 1. The van der Waals surface area contributed by atoms with Gasteiger partial charge in [0.2, 0.25) is 0 Å². The van der Waals surface area contributed by atoms with E-state index in [1.165, 1.54) is 18.3 Å². The molecule has 1 aromatic carbocycles. The SMILES string of the molecule is Cc1cc(O)ccc1C(=O)Nc1ccc(N)nc1. The number of anilines is 2. The van der Waals surface area contributed by atoms with Gasteiger partial charge in [0.15, 0.2) is 0 Å². The Balaban J connectivity index is 2.19. The quantitative estimate of drug-likeness (QED) is 0.752. The van der Waals surface area contributed by atoms with E-state index in [1.54, 1.807) is 25.1 Å². The molecule has 92 valence electrons. The lowest BCUT2D eigenvalue weighted by Crippen LogP contribution is -2.13. The van der Waals surface area contributed by atoms with Crippen molar-refractivity contribution in [2.75, 3.05) is 11.1 Å². The third-order valence-corrected chi connectivity index (χ3v) is 2.50. The first-order valence-electron chi connectivity index (χ1n) is 5.39. The first kappa shape index (κ1) is 11.9. The van der Waals surface area contributed by atoms with Crippen LogP contribution in [0.3, 0.4) is 0 Å². The molecule has 1 amide bonds. The monoisotopic (exact) mass is 243 g/mol. The lowest BCUT2D eigenvalue weighted by Gasteiger charge is -2.07. The molecule has 0 saturated heterocycles. The highest BCUT2D eigenvalue weighted by atomic mass is 16.3. The number of phenols is 1. The van der Waals surface area contributed by atoms with E-state index in [-0.39, 0.29) is 11.7 Å². The number of nitrogens with two attached hydrogens (primary N) is 1. The van der Waals surface area contributed by atoms with Crippen LogP contribution in [-0.2, 0) is 0 Å². The Morgan fingerprint density at radius 3 is 2.72 bits per heavy atom. The van der Waals surface area contributed by atoms with E-state index in [2.05, 4.69) is 10.3 Å². The van der Waals surface area contributed by atoms with Crippen molar-refractivity contribution in [2.24, 2.45) is 0 Å². The van der Waals surface area contributed by atoms with E-state index in [9.17, 15) is 9.90 Å². The number of nitrogen functional groups attached to an aromatic ring is 1. The van der Waals surface area contributed by atoms with Crippen molar-refractivity contribution >= 4 is 17.4 Å². The largest absolute Gasteiger partial charge is 0.508 e. The standard InChI is InChI=1S/C13H13N3O2/c1-8-6-10(17)3-4-11(8)13(18)16-9-2-5-12(14)15-7-9/h2-7,17H,1H3,(H2,14,15)(H,16,18). The molecule has 0 aliphatic rings. The van der Waals surface area contributed by atoms with Crippen molar-refractivity contribution in [2.45, 2.75) is 6.92 Å². The average molecular weight is 243 g/mol. The number of phenolic OH excluding ortho intramolecular Hbond substituents is 1. The number of rotatable bonds is 2. The molecule has 0 aliphatic carbocycles. The molecule has 0 bridgehead atoms. The molecule has 1 aromatic heterocycles. The van der Waals surface area contributed by atoms with E-state index in [0.717, 1.165) is 0 Å². The molecule has 0 radical (unpaired) electrons. The highest BCUT2D eigenvalue weighted by Gasteiger charge is 2.09. The zero-order valence-electron chi connectivity index (χ0n) is 9.84. The van der Waals surface area contributed by atoms with Crippen molar-refractivity contribution < 1.29 is 9.90 Å². The number of carbonyl (C=O) groups excluding carboxylic acids is 1. The van der Waals surface area contributed by atoms with Gasteiger partial charge in [-0.1, -0.05) is 0 Å². The molecule has 0 spiro atoms. The number of benzene rings is 1. The molecule has 18 heavy (non-hydrogen) atoms. The number of pyridine rings is 1. The Bertz CT molecular complexity index is 579. The van der Waals surface area contributed by atoms with Gasteiger partial charge in [-0.3, -0.25) is 4.79 Å². The minimum atomic E-state index is -0.251. The molecule has 5 heteroatoms. The summed E-state index contributed by atoms with van der Waals surface area (Å²) in [6.07, 6.45) is 1.49. The molecule has 0 unspecified atom stereocenters. The first-order valence-corrected chi connectivity index (χ1v) is 5.39. The van der Waals surface area contributed by atoms with Gasteiger partial charge in [0.05, 0.1) is 11.9 Å². The van der Waals surface area contributed by atoms with E-state index in [0.29, 0.717) is 22.6 Å². The highest BCUT2D eigenvalue weighted by molar-refractivity contribution is 6.05. The van der Waals surface area contributed by atoms with Crippen molar-refractivity contribution in [3.63, 3.8) is 0 Å². The van der Waals surface area contributed by atoms with Crippen LogP contribution in [0.15, 0.2) is 36.5 Å². The van der Waals surface area contributed by atoms with Crippen molar-refractivity contribution in [3.8, 4) is 5.75 Å². The summed E-state index contributed by atoms with van der Waals surface area (Å²) in [4.78, 5) is 15.9. The molecule has 0 saturated carbocycles. The van der Waals surface area contributed by atoms with Crippen molar-refractivity contribution in [1.29, 1.82) is 0 Å². The molecule has 5 nitrogen and oxygen atoms in total. The summed E-state index contributed by atoms with van der Waals surface area (Å²) in [6, 6.07) is 7.87. The second-order valence-electron chi connectivity index (χ2n) is 3.93. The van der Waals surface area contributed by atoms with Gasteiger partial charge in [0, 0.05) is 5.56 Å². The average Bonchev–Trinajstić information content (AvgIpc) is 2.32. The molecule has 4 N–H and O–H groups in total. The third kappa shape index (κ3) is 2.57. The molecular weight excluding hydrogens is 230 g/mol. The van der Waals surface area contributed by atoms with Crippen LogP contribution in [0.5, 0.6) is 5.75 Å². The van der Waals surface area contributed by atoms with E-state index >= 15 is 0 Å². The molecule has 0 aliphatic heterocycles. The summed E-state index contributed by atoms with van der Waals surface area (Å²) in [6.45, 7) is 1.76. The van der Waals surface area contributed by atoms with E-state index < -0.39 is 0 Å². The van der Waals surface area contributed by atoms with Crippen LogP contribution in [-0.4, -0.2) is 16.0 Å². The van der Waals surface area contributed by atoms with E-state index in [4.69, 9.17) is 5.73 Å². The topological polar surface area (TPSA) is 88.2 Å². The summed E-state index contributed by atoms with van der Waals surface area (Å²) >= 11 is 0. The Morgan fingerprint density at radius 1 is 1.33 bits per heavy atom. The van der Waals surface area contributed by atoms with Gasteiger partial charge in [-0.15, -0.1) is 0 Å². The number of amides is 1. The summed E-state index contributed by atoms with van der Waals surface area (Å²) in [5, 5.41) is 12.0. The molecule has 1 heterocycles. The summed E-state index contributed by atoms with van der Waals surface area (Å²) < 4.78 is 0. The molecule has 2 aromatic rings. The molecule has 0 atom stereocenters. The number of hydrogen-bond donors (Lipinski definition) is 3. The van der Waals surface area contributed by atoms with Gasteiger partial charge < -0.3 is 16.2 Å². The zero-order chi connectivity index (χ0) is 13.1. The lowest BCUT2D eigenvalue weighted by molar-refractivity contribution is 0.102. The lowest BCUT2D eigenvalue weighted by atomic mass is 10.1. The third-order valence-electron chi connectivity index (χ3n) is 2.50. The van der Waals surface area contributed by atoms with Gasteiger partial charge in [-0.25, -0.2) is 4.98 Å². The van der Waals surface area contributed by atoms with Crippen LogP contribution in [0, 0.1) is 6.92 Å². The van der Waals surface area contributed by atoms with Gasteiger partial charge in [-0.05, 0) is 42.8 Å². The molecular formula is C13H13N3O2. The predicted molar refractivity (Wildman–Crippen MR) is 69.4 cm³/mol. The van der Waals surface area contributed by atoms with Crippen molar-refractivity contribution in [1.82, 2.24) is 4.98 Å². The Hall–Kier alpha value is -2.56. The maximum atomic E-state index is 12.0. The van der Waals surface area contributed by atoms with E-state index in [1.807, 2.05) is 0 Å². The Labute approximate surface area is 104 Å². The van der Waals surface area contributed by atoms with Gasteiger partial charge >= 0.3 is 0 Å². The van der Waals surface area contributed by atoms with Crippen LogP contribution in [0.4, 0.5) is 11.5 Å². The molecule has 2 rings (SSSR count). The maximum absolute atomic E-state index is 12.0. The Kier molecular flexibility index (Phi) is 3.14. The summed E-state index contributed by atoms with van der Waals surface area (Å²) in [7, 11) is 0. The zero-order valence-corrected chi connectivity index (χ0v) is 9.84. The van der Waals surface area contributed by atoms with Gasteiger partial charge in [-0.2, -0.15) is 0 Å². The Morgan fingerprint density at radius 2 is 2.11 bits per heavy atom. The van der Waals surface area contributed by atoms with Gasteiger partial charge in [0.1, 0.15) is 11.6 Å². The first-order chi connectivity index (χ1) is 8.56. The minimum absolute atomic E-state index is 0.137. The molecule has 0 fully saturated rings. The smallest absolute Gasteiger partial charge is 0.255 e. The second-order valence-corrected chi connectivity index (χ2v) is 3.93. The summed E-state index contributed by atoms with van der Waals surface area (Å²) in [5.41, 5.74) is 7.24. The number of carbonyl (C=O) groups is 1. The second kappa shape index (κ2) is 4.75. The normalized spacial score (nSPS) is 10.1. The number of aromatic nitrogens is 1. The van der Waals surface area contributed by atoms with Crippen LogP contribution < -0.4 is 11.1 Å². The van der Waals surface area contributed by atoms with Crippen LogP contribution in [0.25, 0.3) is 0 Å². The van der Waals surface area contributed by atoms with Crippen LogP contribution >= 0.6 is 0 Å². The summed E-state index contributed by atoms with van der Waals surface area (Å²) in [5.74, 6) is 0.283. The number of aryl methyl sites for hydroxylation is 1. The number of hydrogen-bond acceptors (Lipinski definition) is 4. The number of aromatic hydroxyl groups is 1.